The number of nitrogens with one attached hydrogen (secondary N) is 2. The van der Waals surface area contributed by atoms with Gasteiger partial charge < -0.3 is 10.6 Å². The zero-order chi connectivity index (χ0) is 15.2. The standard InChI is InChI=1S/C17H25N3O/c1-13(2)12-17(20-10-8-18-9-11-20)15-4-6-16(7-5-15)19-14(3)21/h4-7,17-18H,1,8-12H2,2-3H3,(H,19,21)/t17-/m0/s1. The summed E-state index contributed by atoms with van der Waals surface area (Å²) in [6.07, 6.45) is 0.972. The normalized spacial score (nSPS) is 17.2. The largest absolute Gasteiger partial charge is 0.326 e. The molecule has 0 aromatic heterocycles. The molecule has 0 radical (unpaired) electrons. The third-order valence-electron chi connectivity index (χ3n) is 3.75. The molecule has 21 heavy (non-hydrogen) atoms. The summed E-state index contributed by atoms with van der Waals surface area (Å²) in [5.41, 5.74) is 3.33. The maximum Gasteiger partial charge on any atom is 0.221 e. The lowest BCUT2D eigenvalue weighted by Gasteiger charge is -2.35. The van der Waals surface area contributed by atoms with Gasteiger partial charge in [-0.2, -0.15) is 0 Å². The Kier molecular flexibility index (Phi) is 5.53. The van der Waals surface area contributed by atoms with Crippen LogP contribution in [-0.2, 0) is 4.79 Å². The van der Waals surface area contributed by atoms with E-state index in [1.807, 2.05) is 12.1 Å². The van der Waals surface area contributed by atoms with Crippen LogP contribution in [0, 0.1) is 0 Å². The lowest BCUT2D eigenvalue weighted by atomic mass is 9.97. The van der Waals surface area contributed by atoms with Crippen molar-refractivity contribution in [2.24, 2.45) is 0 Å². The van der Waals surface area contributed by atoms with Crippen LogP contribution >= 0.6 is 0 Å². The summed E-state index contributed by atoms with van der Waals surface area (Å²) in [4.78, 5) is 13.6. The monoisotopic (exact) mass is 287 g/mol. The third-order valence-corrected chi connectivity index (χ3v) is 3.75. The van der Waals surface area contributed by atoms with E-state index < -0.39 is 0 Å². The number of nitrogens with zero attached hydrogens (tertiary/aromatic N) is 1. The Morgan fingerprint density at radius 2 is 1.90 bits per heavy atom. The van der Waals surface area contributed by atoms with Gasteiger partial charge >= 0.3 is 0 Å². The van der Waals surface area contributed by atoms with Crippen molar-refractivity contribution in [3.05, 3.63) is 42.0 Å². The Bertz CT molecular complexity index is 489. The van der Waals surface area contributed by atoms with Gasteiger partial charge in [0, 0.05) is 44.8 Å². The highest BCUT2D eigenvalue weighted by Crippen LogP contribution is 2.28. The molecule has 0 unspecified atom stereocenters. The second kappa shape index (κ2) is 7.38. The molecule has 1 atom stereocenters. The molecule has 0 aliphatic carbocycles. The predicted octanol–water partition coefficient (Wildman–Crippen LogP) is 2.56. The summed E-state index contributed by atoms with van der Waals surface area (Å²) < 4.78 is 0. The molecule has 1 fully saturated rings. The van der Waals surface area contributed by atoms with E-state index in [0.29, 0.717) is 6.04 Å². The fraction of sp³-hybridized carbons (Fsp3) is 0.471. The molecule has 0 bridgehead atoms. The van der Waals surface area contributed by atoms with E-state index in [0.717, 1.165) is 38.3 Å². The molecular formula is C17H25N3O. The first kappa shape index (κ1) is 15.7. The minimum absolute atomic E-state index is 0.0386. The van der Waals surface area contributed by atoms with Gasteiger partial charge in [0.25, 0.3) is 0 Å². The van der Waals surface area contributed by atoms with Gasteiger partial charge in [-0.25, -0.2) is 0 Å². The summed E-state index contributed by atoms with van der Waals surface area (Å²) in [6, 6.07) is 8.55. The summed E-state index contributed by atoms with van der Waals surface area (Å²) in [6.45, 7) is 11.9. The van der Waals surface area contributed by atoms with Crippen LogP contribution < -0.4 is 10.6 Å². The maximum atomic E-state index is 11.1. The first-order chi connectivity index (χ1) is 10.1. The molecule has 1 aromatic rings. The predicted molar refractivity (Wildman–Crippen MR) is 87.4 cm³/mol. The number of piperazine rings is 1. The molecule has 4 heteroatoms. The van der Waals surface area contributed by atoms with Gasteiger partial charge in [-0.3, -0.25) is 9.69 Å². The van der Waals surface area contributed by atoms with Crippen LogP contribution in [-0.4, -0.2) is 37.0 Å². The van der Waals surface area contributed by atoms with Crippen LogP contribution in [0.5, 0.6) is 0 Å². The minimum Gasteiger partial charge on any atom is -0.326 e. The smallest absolute Gasteiger partial charge is 0.221 e. The van der Waals surface area contributed by atoms with Crippen LogP contribution in [0.1, 0.15) is 31.9 Å². The number of carbonyl (C=O) groups is 1. The molecule has 1 aliphatic rings. The summed E-state index contributed by atoms with van der Waals surface area (Å²) in [5.74, 6) is -0.0386. The van der Waals surface area contributed by atoms with Crippen molar-refractivity contribution in [3.63, 3.8) is 0 Å². The van der Waals surface area contributed by atoms with Gasteiger partial charge in [-0.15, -0.1) is 6.58 Å². The molecule has 114 valence electrons. The zero-order valence-electron chi connectivity index (χ0n) is 13.0. The van der Waals surface area contributed by atoms with E-state index in [1.54, 1.807) is 0 Å². The average molecular weight is 287 g/mol. The maximum absolute atomic E-state index is 11.1. The first-order valence-electron chi connectivity index (χ1n) is 7.53. The van der Waals surface area contributed by atoms with Crippen molar-refractivity contribution >= 4 is 11.6 Å². The van der Waals surface area contributed by atoms with E-state index in [2.05, 4.69) is 41.2 Å². The molecule has 0 spiro atoms. The highest BCUT2D eigenvalue weighted by atomic mass is 16.1. The lowest BCUT2D eigenvalue weighted by molar-refractivity contribution is -0.114. The molecule has 1 aliphatic heterocycles. The van der Waals surface area contributed by atoms with E-state index in [-0.39, 0.29) is 5.91 Å². The van der Waals surface area contributed by atoms with Crippen LogP contribution in [0.25, 0.3) is 0 Å². The van der Waals surface area contributed by atoms with E-state index in [1.165, 1.54) is 18.1 Å². The van der Waals surface area contributed by atoms with Crippen LogP contribution in [0.4, 0.5) is 5.69 Å². The van der Waals surface area contributed by atoms with Crippen molar-refractivity contribution in [3.8, 4) is 0 Å². The van der Waals surface area contributed by atoms with E-state index in [4.69, 9.17) is 0 Å². The molecule has 0 saturated carbocycles. The molecule has 1 saturated heterocycles. The van der Waals surface area contributed by atoms with Crippen molar-refractivity contribution < 1.29 is 4.79 Å². The molecule has 1 heterocycles. The van der Waals surface area contributed by atoms with Gasteiger partial charge in [-0.05, 0) is 31.0 Å². The Morgan fingerprint density at radius 3 is 2.43 bits per heavy atom. The van der Waals surface area contributed by atoms with Gasteiger partial charge in [0.1, 0.15) is 0 Å². The quantitative estimate of drug-likeness (QED) is 0.818. The van der Waals surface area contributed by atoms with Crippen molar-refractivity contribution in [1.82, 2.24) is 10.2 Å². The molecule has 2 N–H and O–H groups in total. The Balaban J connectivity index is 2.15. The number of carbonyl (C=O) groups excluding carboxylic acids is 1. The number of hydrogen-bond donors (Lipinski definition) is 2. The Labute approximate surface area is 127 Å². The number of hydrogen-bond acceptors (Lipinski definition) is 3. The van der Waals surface area contributed by atoms with Gasteiger partial charge in [-0.1, -0.05) is 17.7 Å². The van der Waals surface area contributed by atoms with E-state index >= 15 is 0 Å². The summed E-state index contributed by atoms with van der Waals surface area (Å²) >= 11 is 0. The number of rotatable bonds is 5. The molecule has 1 amide bonds. The van der Waals surface area contributed by atoms with Crippen molar-refractivity contribution in [2.75, 3.05) is 31.5 Å². The van der Waals surface area contributed by atoms with Crippen molar-refractivity contribution in [2.45, 2.75) is 26.3 Å². The Morgan fingerprint density at radius 1 is 1.29 bits per heavy atom. The number of amides is 1. The third kappa shape index (κ3) is 4.69. The van der Waals surface area contributed by atoms with Crippen LogP contribution in [0.15, 0.2) is 36.4 Å². The van der Waals surface area contributed by atoms with E-state index in [9.17, 15) is 4.79 Å². The Hall–Kier alpha value is -1.65. The molecular weight excluding hydrogens is 262 g/mol. The van der Waals surface area contributed by atoms with Gasteiger partial charge in [0.2, 0.25) is 5.91 Å². The van der Waals surface area contributed by atoms with Gasteiger partial charge in [0.15, 0.2) is 0 Å². The molecule has 4 nitrogen and oxygen atoms in total. The highest BCUT2D eigenvalue weighted by Gasteiger charge is 2.22. The minimum atomic E-state index is -0.0386. The topological polar surface area (TPSA) is 44.4 Å². The number of anilines is 1. The van der Waals surface area contributed by atoms with Crippen molar-refractivity contribution in [1.29, 1.82) is 0 Å². The van der Waals surface area contributed by atoms with Gasteiger partial charge in [0.05, 0.1) is 0 Å². The average Bonchev–Trinajstić information content (AvgIpc) is 2.46. The highest BCUT2D eigenvalue weighted by molar-refractivity contribution is 5.88. The fourth-order valence-corrected chi connectivity index (χ4v) is 2.77. The zero-order valence-corrected chi connectivity index (χ0v) is 13.0. The second-order valence-corrected chi connectivity index (χ2v) is 5.77. The fourth-order valence-electron chi connectivity index (χ4n) is 2.77. The van der Waals surface area contributed by atoms with Crippen LogP contribution in [0.2, 0.25) is 0 Å². The molecule has 2 rings (SSSR count). The number of benzene rings is 1. The SMILES string of the molecule is C=C(C)C[C@@H](c1ccc(NC(C)=O)cc1)N1CCNCC1. The summed E-state index contributed by atoms with van der Waals surface area (Å²) in [7, 11) is 0. The first-order valence-corrected chi connectivity index (χ1v) is 7.53. The second-order valence-electron chi connectivity index (χ2n) is 5.77. The molecule has 1 aromatic carbocycles. The van der Waals surface area contributed by atoms with Crippen LogP contribution in [0.3, 0.4) is 0 Å². The summed E-state index contributed by atoms with van der Waals surface area (Å²) in [5, 5.41) is 6.20. The lowest BCUT2D eigenvalue weighted by Crippen LogP contribution is -2.45.